The molecule has 1 aromatic rings. The van der Waals surface area contributed by atoms with Crippen molar-refractivity contribution in [2.45, 2.75) is 38.6 Å². The SMILES string of the molecule is CCCCCC(Nc1ccccc1)C(N)=O. The molecule has 0 spiro atoms. The van der Waals surface area contributed by atoms with Gasteiger partial charge in [0.25, 0.3) is 0 Å². The molecule has 0 aromatic heterocycles. The van der Waals surface area contributed by atoms with E-state index in [4.69, 9.17) is 5.73 Å². The lowest BCUT2D eigenvalue weighted by molar-refractivity contribution is -0.118. The van der Waals surface area contributed by atoms with Crippen LogP contribution in [0.4, 0.5) is 5.69 Å². The molecule has 0 saturated carbocycles. The topological polar surface area (TPSA) is 55.1 Å². The number of benzene rings is 1. The molecule has 3 N–H and O–H groups in total. The molecule has 1 unspecified atom stereocenters. The third kappa shape index (κ3) is 4.34. The second-order valence-electron chi connectivity index (χ2n) is 3.96. The number of carbonyl (C=O) groups is 1. The Morgan fingerprint density at radius 3 is 2.56 bits per heavy atom. The van der Waals surface area contributed by atoms with Crippen molar-refractivity contribution < 1.29 is 4.79 Å². The Labute approximate surface area is 97.0 Å². The van der Waals surface area contributed by atoms with Crippen LogP contribution in [0.15, 0.2) is 30.3 Å². The molecule has 16 heavy (non-hydrogen) atoms. The van der Waals surface area contributed by atoms with Crippen molar-refractivity contribution in [1.82, 2.24) is 0 Å². The molecule has 0 radical (unpaired) electrons. The maximum Gasteiger partial charge on any atom is 0.239 e. The highest BCUT2D eigenvalue weighted by atomic mass is 16.1. The summed E-state index contributed by atoms with van der Waals surface area (Å²) < 4.78 is 0. The van der Waals surface area contributed by atoms with Gasteiger partial charge in [0.05, 0.1) is 0 Å². The summed E-state index contributed by atoms with van der Waals surface area (Å²) in [6.07, 6.45) is 4.12. The van der Waals surface area contributed by atoms with E-state index in [0.717, 1.165) is 31.4 Å². The van der Waals surface area contributed by atoms with Crippen LogP contribution in [-0.4, -0.2) is 11.9 Å². The standard InChI is InChI=1S/C13H20N2O/c1-2-3-5-10-12(13(14)16)15-11-8-6-4-7-9-11/h4,6-9,12,15H,2-3,5,10H2,1H3,(H2,14,16). The second-order valence-corrected chi connectivity index (χ2v) is 3.96. The number of carbonyl (C=O) groups excluding carboxylic acids is 1. The molecule has 0 saturated heterocycles. The molecule has 88 valence electrons. The van der Waals surface area contributed by atoms with Gasteiger partial charge in [-0.3, -0.25) is 4.79 Å². The number of unbranched alkanes of at least 4 members (excludes halogenated alkanes) is 2. The molecule has 0 heterocycles. The van der Waals surface area contributed by atoms with Crippen LogP contribution in [0.25, 0.3) is 0 Å². The fourth-order valence-electron chi connectivity index (χ4n) is 1.62. The largest absolute Gasteiger partial charge is 0.374 e. The van der Waals surface area contributed by atoms with Crippen molar-refractivity contribution in [3.63, 3.8) is 0 Å². The Balaban J connectivity index is 2.48. The van der Waals surface area contributed by atoms with Crippen LogP contribution in [-0.2, 0) is 4.79 Å². The van der Waals surface area contributed by atoms with E-state index in [0.29, 0.717) is 0 Å². The fourth-order valence-corrected chi connectivity index (χ4v) is 1.62. The number of primary amides is 1. The zero-order chi connectivity index (χ0) is 11.8. The van der Waals surface area contributed by atoms with E-state index in [1.54, 1.807) is 0 Å². The highest BCUT2D eigenvalue weighted by Gasteiger charge is 2.13. The molecule has 0 bridgehead atoms. The smallest absolute Gasteiger partial charge is 0.239 e. The second kappa shape index (κ2) is 6.88. The third-order valence-electron chi connectivity index (χ3n) is 2.55. The number of nitrogens with one attached hydrogen (secondary N) is 1. The van der Waals surface area contributed by atoms with E-state index >= 15 is 0 Å². The molecular weight excluding hydrogens is 200 g/mol. The molecule has 0 fully saturated rings. The van der Waals surface area contributed by atoms with Crippen LogP contribution in [0.2, 0.25) is 0 Å². The third-order valence-corrected chi connectivity index (χ3v) is 2.55. The summed E-state index contributed by atoms with van der Waals surface area (Å²) >= 11 is 0. The predicted octanol–water partition coefficient (Wildman–Crippen LogP) is 2.53. The lowest BCUT2D eigenvalue weighted by Gasteiger charge is -2.16. The van der Waals surface area contributed by atoms with Crippen molar-refractivity contribution in [3.8, 4) is 0 Å². The van der Waals surface area contributed by atoms with Crippen LogP contribution in [0, 0.1) is 0 Å². The minimum absolute atomic E-state index is 0.256. The average molecular weight is 220 g/mol. The number of para-hydroxylation sites is 1. The molecular formula is C13H20N2O. The number of rotatable bonds is 7. The zero-order valence-electron chi connectivity index (χ0n) is 9.78. The van der Waals surface area contributed by atoms with Gasteiger partial charge < -0.3 is 11.1 Å². The minimum atomic E-state index is -0.278. The normalized spacial score (nSPS) is 12.1. The summed E-state index contributed by atoms with van der Waals surface area (Å²) in [6.45, 7) is 2.14. The van der Waals surface area contributed by atoms with Gasteiger partial charge in [-0.15, -0.1) is 0 Å². The van der Waals surface area contributed by atoms with Gasteiger partial charge in [0, 0.05) is 5.69 Å². The zero-order valence-corrected chi connectivity index (χ0v) is 9.78. The van der Waals surface area contributed by atoms with Crippen LogP contribution < -0.4 is 11.1 Å². The van der Waals surface area contributed by atoms with Gasteiger partial charge >= 0.3 is 0 Å². The van der Waals surface area contributed by atoms with Gasteiger partial charge in [-0.1, -0.05) is 44.4 Å². The van der Waals surface area contributed by atoms with Gasteiger partial charge in [0.15, 0.2) is 0 Å². The molecule has 1 amide bonds. The van der Waals surface area contributed by atoms with Crippen LogP contribution >= 0.6 is 0 Å². The lowest BCUT2D eigenvalue weighted by Crippen LogP contribution is -2.35. The van der Waals surface area contributed by atoms with E-state index in [2.05, 4.69) is 12.2 Å². The fraction of sp³-hybridized carbons (Fsp3) is 0.462. The van der Waals surface area contributed by atoms with Gasteiger partial charge in [0.1, 0.15) is 6.04 Å². The maximum absolute atomic E-state index is 11.3. The first kappa shape index (κ1) is 12.6. The van der Waals surface area contributed by atoms with E-state index in [1.807, 2.05) is 30.3 Å². The Kier molecular flexibility index (Phi) is 5.40. The van der Waals surface area contributed by atoms with E-state index in [-0.39, 0.29) is 11.9 Å². The van der Waals surface area contributed by atoms with Gasteiger partial charge in [-0.2, -0.15) is 0 Å². The van der Waals surface area contributed by atoms with Gasteiger partial charge in [0.2, 0.25) is 5.91 Å². The van der Waals surface area contributed by atoms with Crippen molar-refractivity contribution in [3.05, 3.63) is 30.3 Å². The molecule has 1 atom stereocenters. The van der Waals surface area contributed by atoms with Crippen LogP contribution in [0.1, 0.15) is 32.6 Å². The summed E-state index contributed by atoms with van der Waals surface area (Å²) in [4.78, 5) is 11.3. The minimum Gasteiger partial charge on any atom is -0.374 e. The number of anilines is 1. The number of nitrogens with two attached hydrogens (primary N) is 1. The molecule has 3 heteroatoms. The van der Waals surface area contributed by atoms with E-state index < -0.39 is 0 Å². The highest BCUT2D eigenvalue weighted by Crippen LogP contribution is 2.11. The first-order valence-corrected chi connectivity index (χ1v) is 5.85. The van der Waals surface area contributed by atoms with E-state index in [1.165, 1.54) is 0 Å². The summed E-state index contributed by atoms with van der Waals surface area (Å²) in [5, 5.41) is 3.16. The summed E-state index contributed by atoms with van der Waals surface area (Å²) in [7, 11) is 0. The van der Waals surface area contributed by atoms with Crippen molar-refractivity contribution in [1.29, 1.82) is 0 Å². The Hall–Kier alpha value is -1.51. The molecule has 0 aliphatic heterocycles. The quantitative estimate of drug-likeness (QED) is 0.694. The van der Waals surface area contributed by atoms with Gasteiger partial charge in [-0.05, 0) is 18.6 Å². The van der Waals surface area contributed by atoms with Crippen molar-refractivity contribution in [2.75, 3.05) is 5.32 Å². The molecule has 3 nitrogen and oxygen atoms in total. The average Bonchev–Trinajstić information content (AvgIpc) is 2.29. The lowest BCUT2D eigenvalue weighted by atomic mass is 10.1. The first-order valence-electron chi connectivity index (χ1n) is 5.85. The van der Waals surface area contributed by atoms with Crippen molar-refractivity contribution in [2.24, 2.45) is 5.73 Å². The summed E-state index contributed by atoms with van der Waals surface area (Å²) in [5.41, 5.74) is 6.31. The number of hydrogen-bond acceptors (Lipinski definition) is 2. The maximum atomic E-state index is 11.3. The van der Waals surface area contributed by atoms with Crippen LogP contribution in [0.3, 0.4) is 0 Å². The van der Waals surface area contributed by atoms with Crippen molar-refractivity contribution >= 4 is 11.6 Å². The molecule has 0 aliphatic carbocycles. The number of hydrogen-bond donors (Lipinski definition) is 2. The molecule has 0 aliphatic rings. The molecule has 1 rings (SSSR count). The Bertz CT molecular complexity index is 311. The summed E-state index contributed by atoms with van der Waals surface area (Å²) in [6, 6.07) is 9.44. The van der Waals surface area contributed by atoms with E-state index in [9.17, 15) is 4.79 Å². The molecule has 1 aromatic carbocycles. The Morgan fingerprint density at radius 2 is 2.00 bits per heavy atom. The van der Waals surface area contributed by atoms with Gasteiger partial charge in [-0.25, -0.2) is 0 Å². The number of amides is 1. The predicted molar refractivity (Wildman–Crippen MR) is 67.2 cm³/mol. The monoisotopic (exact) mass is 220 g/mol. The Morgan fingerprint density at radius 1 is 1.31 bits per heavy atom. The van der Waals surface area contributed by atoms with Crippen LogP contribution in [0.5, 0.6) is 0 Å². The first-order chi connectivity index (χ1) is 7.74. The highest BCUT2D eigenvalue weighted by molar-refractivity contribution is 5.82. The summed E-state index contributed by atoms with van der Waals surface area (Å²) in [5.74, 6) is -0.278.